The summed E-state index contributed by atoms with van der Waals surface area (Å²) in [5.74, 6) is 1.90. The van der Waals surface area contributed by atoms with E-state index in [2.05, 4.69) is 29.3 Å². The molecule has 0 saturated heterocycles. The molecule has 0 fully saturated rings. The summed E-state index contributed by atoms with van der Waals surface area (Å²) in [4.78, 5) is 18.0. The number of anilines is 1. The zero-order chi connectivity index (χ0) is 30.6. The lowest BCUT2D eigenvalue weighted by molar-refractivity contribution is 0.281. The van der Waals surface area contributed by atoms with Gasteiger partial charge in [-0.2, -0.15) is 0 Å². The van der Waals surface area contributed by atoms with Crippen LogP contribution in [0.25, 0.3) is 22.0 Å². The maximum atomic E-state index is 12.7. The number of hydrogen-bond acceptors (Lipinski definition) is 7. The van der Waals surface area contributed by atoms with Crippen molar-refractivity contribution in [3.05, 3.63) is 101 Å². The first-order valence-corrected chi connectivity index (χ1v) is 15.9. The van der Waals surface area contributed by atoms with Crippen molar-refractivity contribution in [2.75, 3.05) is 38.8 Å². The SMILES string of the molecule is CN(C)CCCOc1ccc(CNc2cccc(Oc3ccc(S(C)(=O)=O)cc3-c3cn(C)c(=O)c4[nH]ccc34)c2)cc1. The van der Waals surface area contributed by atoms with E-state index in [1.807, 2.05) is 48.5 Å². The zero-order valence-electron chi connectivity index (χ0n) is 24.8. The van der Waals surface area contributed by atoms with Gasteiger partial charge in [0.25, 0.3) is 5.56 Å². The normalized spacial score (nSPS) is 11.7. The molecule has 5 rings (SSSR count). The van der Waals surface area contributed by atoms with Crippen molar-refractivity contribution >= 4 is 26.4 Å². The lowest BCUT2D eigenvalue weighted by Gasteiger charge is -2.15. The van der Waals surface area contributed by atoms with Gasteiger partial charge in [0.15, 0.2) is 9.84 Å². The van der Waals surface area contributed by atoms with Gasteiger partial charge in [0, 0.05) is 67.1 Å². The Labute approximate surface area is 251 Å². The van der Waals surface area contributed by atoms with Gasteiger partial charge in [0.1, 0.15) is 22.8 Å². The third kappa shape index (κ3) is 7.28. The number of nitrogens with one attached hydrogen (secondary N) is 2. The highest BCUT2D eigenvalue weighted by Gasteiger charge is 2.18. The second-order valence-corrected chi connectivity index (χ2v) is 12.8. The number of fused-ring (bicyclic) bond motifs is 1. The molecule has 0 saturated carbocycles. The number of benzene rings is 3. The Morgan fingerprint density at radius 2 is 1.74 bits per heavy atom. The van der Waals surface area contributed by atoms with E-state index in [0.29, 0.717) is 46.7 Å². The molecule has 0 bridgehead atoms. The molecule has 0 aliphatic rings. The van der Waals surface area contributed by atoms with Gasteiger partial charge in [-0.15, -0.1) is 0 Å². The summed E-state index contributed by atoms with van der Waals surface area (Å²) >= 11 is 0. The summed E-state index contributed by atoms with van der Waals surface area (Å²) in [6, 6.07) is 22.2. The quantitative estimate of drug-likeness (QED) is 0.178. The van der Waals surface area contributed by atoms with Gasteiger partial charge in [0.2, 0.25) is 0 Å². The van der Waals surface area contributed by atoms with Crippen LogP contribution in [0, 0.1) is 0 Å². The van der Waals surface area contributed by atoms with Crippen LogP contribution in [0.5, 0.6) is 17.2 Å². The van der Waals surface area contributed by atoms with E-state index in [1.165, 1.54) is 16.9 Å². The topological polar surface area (TPSA) is 106 Å². The van der Waals surface area contributed by atoms with Crippen molar-refractivity contribution in [1.29, 1.82) is 0 Å². The van der Waals surface area contributed by atoms with Crippen LogP contribution in [0.15, 0.2) is 94.9 Å². The maximum Gasteiger partial charge on any atom is 0.274 e. The van der Waals surface area contributed by atoms with E-state index in [0.717, 1.165) is 30.0 Å². The molecule has 0 radical (unpaired) electrons. The fraction of sp³-hybridized carbons (Fsp3) is 0.242. The number of aromatic amines is 1. The summed E-state index contributed by atoms with van der Waals surface area (Å²) in [5.41, 5.74) is 3.47. The van der Waals surface area contributed by atoms with Crippen molar-refractivity contribution in [3.63, 3.8) is 0 Å². The van der Waals surface area contributed by atoms with Crippen LogP contribution in [-0.2, 0) is 23.4 Å². The van der Waals surface area contributed by atoms with Crippen molar-refractivity contribution < 1.29 is 17.9 Å². The van der Waals surface area contributed by atoms with E-state index in [-0.39, 0.29) is 10.5 Å². The minimum Gasteiger partial charge on any atom is -0.494 e. The average molecular weight is 601 g/mol. The Kier molecular flexibility index (Phi) is 8.89. The molecule has 2 N–H and O–H groups in total. The number of sulfone groups is 1. The number of pyridine rings is 1. The molecule has 5 aromatic rings. The van der Waals surface area contributed by atoms with Gasteiger partial charge in [0.05, 0.1) is 11.5 Å². The first-order chi connectivity index (χ1) is 20.6. The summed E-state index contributed by atoms with van der Waals surface area (Å²) in [6.45, 7) is 2.28. The fourth-order valence-electron chi connectivity index (χ4n) is 4.80. The van der Waals surface area contributed by atoms with Crippen LogP contribution in [-0.4, -0.2) is 56.4 Å². The molecule has 2 aromatic heterocycles. The van der Waals surface area contributed by atoms with Crippen molar-refractivity contribution in [2.24, 2.45) is 7.05 Å². The third-order valence-electron chi connectivity index (χ3n) is 7.06. The number of aromatic nitrogens is 2. The van der Waals surface area contributed by atoms with Crippen molar-refractivity contribution in [3.8, 4) is 28.4 Å². The summed E-state index contributed by atoms with van der Waals surface area (Å²) in [5, 5.41) is 4.11. The van der Waals surface area contributed by atoms with Crippen LogP contribution >= 0.6 is 0 Å². The van der Waals surface area contributed by atoms with Crippen LogP contribution in [0.4, 0.5) is 5.69 Å². The molecule has 224 valence electrons. The average Bonchev–Trinajstić information content (AvgIpc) is 3.47. The minimum absolute atomic E-state index is 0.160. The van der Waals surface area contributed by atoms with Crippen molar-refractivity contribution in [1.82, 2.24) is 14.5 Å². The van der Waals surface area contributed by atoms with Crippen LogP contribution in [0.1, 0.15) is 12.0 Å². The van der Waals surface area contributed by atoms with E-state index in [4.69, 9.17) is 9.47 Å². The van der Waals surface area contributed by atoms with E-state index >= 15 is 0 Å². The van der Waals surface area contributed by atoms with E-state index in [9.17, 15) is 13.2 Å². The molecule has 3 aromatic carbocycles. The highest BCUT2D eigenvalue weighted by Crippen LogP contribution is 2.38. The number of ether oxygens (including phenoxy) is 2. The molecule has 10 heteroatoms. The lowest BCUT2D eigenvalue weighted by Crippen LogP contribution is -2.16. The number of aryl methyl sites for hydroxylation is 1. The Balaban J connectivity index is 1.35. The van der Waals surface area contributed by atoms with Crippen LogP contribution in [0.3, 0.4) is 0 Å². The minimum atomic E-state index is -3.49. The highest BCUT2D eigenvalue weighted by molar-refractivity contribution is 7.90. The standard InChI is InChI=1S/C33H36N4O5S/c1-36(2)17-6-18-41-25-11-9-23(10-12-25)21-35-24-7-5-8-26(19-24)42-31-14-13-27(43(4,39)40)20-29(31)30-22-37(3)33(38)32-28(30)15-16-34-32/h5,7-16,19-20,22,34-35H,6,17-18,21H2,1-4H3. The Morgan fingerprint density at radius 3 is 2.49 bits per heavy atom. The molecule has 0 aliphatic heterocycles. The Bertz CT molecular complexity index is 1890. The molecular weight excluding hydrogens is 564 g/mol. The lowest BCUT2D eigenvalue weighted by atomic mass is 10.0. The zero-order valence-corrected chi connectivity index (χ0v) is 25.6. The summed E-state index contributed by atoms with van der Waals surface area (Å²) < 4.78 is 38.5. The van der Waals surface area contributed by atoms with E-state index in [1.54, 1.807) is 37.6 Å². The van der Waals surface area contributed by atoms with Gasteiger partial charge in [-0.3, -0.25) is 4.79 Å². The molecule has 0 atom stereocenters. The van der Waals surface area contributed by atoms with Gasteiger partial charge in [-0.1, -0.05) is 18.2 Å². The summed E-state index contributed by atoms with van der Waals surface area (Å²) in [6.07, 6.45) is 5.53. The first-order valence-electron chi connectivity index (χ1n) is 14.0. The largest absolute Gasteiger partial charge is 0.494 e. The number of H-pyrrole nitrogens is 1. The molecule has 2 heterocycles. The van der Waals surface area contributed by atoms with Gasteiger partial charge in [-0.05, 0) is 74.6 Å². The van der Waals surface area contributed by atoms with Gasteiger partial charge >= 0.3 is 0 Å². The maximum absolute atomic E-state index is 12.7. The summed E-state index contributed by atoms with van der Waals surface area (Å²) in [7, 11) is 2.28. The van der Waals surface area contributed by atoms with Gasteiger partial charge in [-0.25, -0.2) is 8.42 Å². The molecule has 0 unspecified atom stereocenters. The molecule has 9 nitrogen and oxygen atoms in total. The number of nitrogens with zero attached hydrogens (tertiary/aromatic N) is 2. The predicted molar refractivity (Wildman–Crippen MR) is 171 cm³/mol. The monoisotopic (exact) mass is 600 g/mol. The molecular formula is C33H36N4O5S. The van der Waals surface area contributed by atoms with E-state index < -0.39 is 9.84 Å². The molecule has 0 aliphatic carbocycles. The molecule has 0 spiro atoms. The third-order valence-corrected chi connectivity index (χ3v) is 8.17. The van der Waals surface area contributed by atoms with Gasteiger partial charge < -0.3 is 29.2 Å². The number of rotatable bonds is 12. The predicted octanol–water partition coefficient (Wildman–Crippen LogP) is 5.67. The fourth-order valence-corrected chi connectivity index (χ4v) is 5.44. The first kappa shape index (κ1) is 29.9. The Hall–Kier alpha value is -4.54. The number of hydrogen-bond donors (Lipinski definition) is 2. The Morgan fingerprint density at radius 1 is 0.953 bits per heavy atom. The highest BCUT2D eigenvalue weighted by atomic mass is 32.2. The van der Waals surface area contributed by atoms with Crippen molar-refractivity contribution in [2.45, 2.75) is 17.9 Å². The second kappa shape index (κ2) is 12.8. The molecule has 43 heavy (non-hydrogen) atoms. The van der Waals surface area contributed by atoms with Crippen LogP contribution < -0.4 is 20.3 Å². The smallest absolute Gasteiger partial charge is 0.274 e. The second-order valence-electron chi connectivity index (χ2n) is 10.8. The molecule has 0 amide bonds. The van der Waals surface area contributed by atoms with Crippen LogP contribution in [0.2, 0.25) is 0 Å².